The van der Waals surface area contributed by atoms with Crippen LogP contribution in [0.2, 0.25) is 0 Å². The Balaban J connectivity index is 1.68. The molecule has 2 N–H and O–H groups in total. The van der Waals surface area contributed by atoms with Crippen molar-refractivity contribution in [3.8, 4) is 0 Å². The Hall–Kier alpha value is -2.89. The van der Waals surface area contributed by atoms with Crippen molar-refractivity contribution < 1.29 is 13.6 Å². The molecule has 3 rings (SSSR count). The highest BCUT2D eigenvalue weighted by molar-refractivity contribution is 5.91. The van der Waals surface area contributed by atoms with Crippen LogP contribution in [0, 0.1) is 5.82 Å². The summed E-state index contributed by atoms with van der Waals surface area (Å²) in [6, 6.07) is 11.2. The van der Waals surface area contributed by atoms with Gasteiger partial charge >= 0.3 is 6.03 Å². The van der Waals surface area contributed by atoms with E-state index in [1.807, 2.05) is 20.8 Å². The van der Waals surface area contributed by atoms with Gasteiger partial charge in [0.1, 0.15) is 11.3 Å². The van der Waals surface area contributed by atoms with E-state index < -0.39 is 6.03 Å². The average molecular weight is 341 g/mol. The molecule has 0 saturated heterocycles. The number of hydrogen-bond donors (Lipinski definition) is 2. The predicted molar refractivity (Wildman–Crippen MR) is 95.0 cm³/mol. The van der Waals surface area contributed by atoms with Gasteiger partial charge in [-0.15, -0.1) is 0 Å². The first-order chi connectivity index (χ1) is 11.8. The summed E-state index contributed by atoms with van der Waals surface area (Å²) in [5.41, 5.74) is 2.18. The summed E-state index contributed by atoms with van der Waals surface area (Å²) in [7, 11) is 0. The fraction of sp³-hybridized carbons (Fsp3) is 0.263. The van der Waals surface area contributed by atoms with Crippen LogP contribution in [0.4, 0.5) is 14.9 Å². The van der Waals surface area contributed by atoms with Crippen molar-refractivity contribution in [1.82, 2.24) is 10.3 Å². The van der Waals surface area contributed by atoms with Gasteiger partial charge in [0.05, 0.1) is 0 Å². The number of aromatic nitrogens is 1. The summed E-state index contributed by atoms with van der Waals surface area (Å²) in [6.45, 7) is 6.17. The molecule has 1 heterocycles. The number of amides is 2. The molecule has 6 heteroatoms. The normalized spacial score (nSPS) is 11.5. The molecule has 25 heavy (non-hydrogen) atoms. The van der Waals surface area contributed by atoms with Gasteiger partial charge in [0.15, 0.2) is 5.58 Å². The molecule has 0 spiro atoms. The second-order valence-corrected chi connectivity index (χ2v) is 6.85. The molecular formula is C19H20FN3O2. The van der Waals surface area contributed by atoms with E-state index in [0.29, 0.717) is 28.2 Å². The van der Waals surface area contributed by atoms with Crippen LogP contribution in [0.3, 0.4) is 0 Å². The smallest absolute Gasteiger partial charge is 0.319 e. The van der Waals surface area contributed by atoms with E-state index >= 15 is 0 Å². The fourth-order valence-corrected chi connectivity index (χ4v) is 2.32. The minimum atomic E-state index is -0.415. The van der Waals surface area contributed by atoms with Crippen LogP contribution in [-0.2, 0) is 12.0 Å². The third-order valence-electron chi connectivity index (χ3n) is 3.68. The van der Waals surface area contributed by atoms with E-state index in [1.54, 1.807) is 36.4 Å². The number of oxazole rings is 1. The number of halogens is 1. The molecule has 0 aliphatic heterocycles. The van der Waals surface area contributed by atoms with E-state index in [0.717, 1.165) is 0 Å². The standard InChI is InChI=1S/C19H20FN3O2/c1-19(2,3)17-23-15-10-13(8-9-16(15)25-17)22-18(24)21-11-12-6-4-5-7-14(12)20/h4-10H,11H2,1-3H3,(H2,21,22,24). The van der Waals surface area contributed by atoms with Gasteiger partial charge in [-0.3, -0.25) is 0 Å². The molecule has 0 bridgehead atoms. The summed E-state index contributed by atoms with van der Waals surface area (Å²) in [5.74, 6) is 0.296. The van der Waals surface area contributed by atoms with Gasteiger partial charge in [-0.2, -0.15) is 0 Å². The van der Waals surface area contributed by atoms with Gasteiger partial charge in [0.2, 0.25) is 5.89 Å². The quantitative estimate of drug-likeness (QED) is 0.732. The average Bonchev–Trinajstić information content (AvgIpc) is 2.98. The van der Waals surface area contributed by atoms with Crippen molar-refractivity contribution in [2.45, 2.75) is 32.7 Å². The highest BCUT2D eigenvalue weighted by Crippen LogP contribution is 2.27. The first-order valence-electron chi connectivity index (χ1n) is 8.02. The SMILES string of the molecule is CC(C)(C)c1nc2cc(NC(=O)NCc3ccccc3F)ccc2o1. The van der Waals surface area contributed by atoms with E-state index in [1.165, 1.54) is 6.07 Å². The van der Waals surface area contributed by atoms with Crippen LogP contribution in [0.1, 0.15) is 32.2 Å². The monoisotopic (exact) mass is 341 g/mol. The van der Waals surface area contributed by atoms with Gasteiger partial charge in [0.25, 0.3) is 0 Å². The summed E-state index contributed by atoms with van der Waals surface area (Å²) in [6.07, 6.45) is 0. The number of anilines is 1. The number of hydrogen-bond acceptors (Lipinski definition) is 3. The molecule has 0 fully saturated rings. The Kier molecular flexibility index (Phi) is 4.44. The summed E-state index contributed by atoms with van der Waals surface area (Å²) in [5, 5.41) is 5.35. The molecule has 1 aromatic heterocycles. The summed E-state index contributed by atoms with van der Waals surface area (Å²) in [4.78, 5) is 16.5. The van der Waals surface area contributed by atoms with E-state index in [2.05, 4.69) is 15.6 Å². The zero-order chi connectivity index (χ0) is 18.0. The van der Waals surface area contributed by atoms with Crippen LogP contribution in [0.25, 0.3) is 11.1 Å². The van der Waals surface area contributed by atoms with Crippen LogP contribution in [-0.4, -0.2) is 11.0 Å². The van der Waals surface area contributed by atoms with Crippen LogP contribution in [0.5, 0.6) is 0 Å². The molecular weight excluding hydrogens is 321 g/mol. The molecule has 0 radical (unpaired) electrons. The molecule has 0 aliphatic carbocycles. The second-order valence-electron chi connectivity index (χ2n) is 6.85. The number of fused-ring (bicyclic) bond motifs is 1. The first kappa shape index (κ1) is 17.0. The van der Waals surface area contributed by atoms with Gasteiger partial charge in [0, 0.05) is 23.2 Å². The van der Waals surface area contributed by atoms with Crippen molar-refractivity contribution in [1.29, 1.82) is 0 Å². The Morgan fingerprint density at radius 3 is 2.68 bits per heavy atom. The molecule has 2 amide bonds. The predicted octanol–water partition coefficient (Wildman–Crippen LogP) is 4.59. The van der Waals surface area contributed by atoms with Crippen LogP contribution < -0.4 is 10.6 Å². The van der Waals surface area contributed by atoms with Crippen molar-refractivity contribution in [2.24, 2.45) is 0 Å². The molecule has 5 nitrogen and oxygen atoms in total. The number of benzene rings is 2. The first-order valence-corrected chi connectivity index (χ1v) is 8.02. The Labute approximate surface area is 145 Å². The number of carbonyl (C=O) groups excluding carboxylic acids is 1. The van der Waals surface area contributed by atoms with E-state index in [-0.39, 0.29) is 17.8 Å². The lowest BCUT2D eigenvalue weighted by Crippen LogP contribution is -2.28. The second kappa shape index (κ2) is 6.55. The van der Waals surface area contributed by atoms with Gasteiger partial charge < -0.3 is 15.1 Å². The lowest BCUT2D eigenvalue weighted by molar-refractivity contribution is 0.251. The number of urea groups is 1. The number of carbonyl (C=O) groups is 1. The Morgan fingerprint density at radius 2 is 1.96 bits per heavy atom. The van der Waals surface area contributed by atoms with Gasteiger partial charge in [-0.05, 0) is 24.3 Å². The lowest BCUT2D eigenvalue weighted by Gasteiger charge is -2.11. The molecule has 0 aliphatic rings. The highest BCUT2D eigenvalue weighted by atomic mass is 19.1. The van der Waals surface area contributed by atoms with Crippen molar-refractivity contribution >= 4 is 22.8 Å². The molecule has 130 valence electrons. The highest BCUT2D eigenvalue weighted by Gasteiger charge is 2.21. The summed E-state index contributed by atoms with van der Waals surface area (Å²) < 4.78 is 19.3. The van der Waals surface area contributed by atoms with Crippen LogP contribution >= 0.6 is 0 Å². The number of nitrogens with one attached hydrogen (secondary N) is 2. The minimum absolute atomic E-state index is 0.110. The minimum Gasteiger partial charge on any atom is -0.440 e. The third kappa shape index (κ3) is 3.96. The zero-order valence-electron chi connectivity index (χ0n) is 14.4. The topological polar surface area (TPSA) is 67.2 Å². The zero-order valence-corrected chi connectivity index (χ0v) is 14.4. The largest absolute Gasteiger partial charge is 0.440 e. The molecule has 0 atom stereocenters. The molecule has 0 saturated carbocycles. The Bertz CT molecular complexity index is 912. The van der Waals surface area contributed by atoms with E-state index in [4.69, 9.17) is 4.42 Å². The fourth-order valence-electron chi connectivity index (χ4n) is 2.32. The third-order valence-corrected chi connectivity index (χ3v) is 3.68. The van der Waals surface area contributed by atoms with E-state index in [9.17, 15) is 9.18 Å². The molecule has 3 aromatic rings. The number of nitrogens with zero attached hydrogens (tertiary/aromatic N) is 1. The maximum absolute atomic E-state index is 13.5. The van der Waals surface area contributed by atoms with Crippen molar-refractivity contribution in [2.75, 3.05) is 5.32 Å². The van der Waals surface area contributed by atoms with Crippen molar-refractivity contribution in [3.63, 3.8) is 0 Å². The maximum atomic E-state index is 13.5. The maximum Gasteiger partial charge on any atom is 0.319 e. The Morgan fingerprint density at radius 1 is 1.20 bits per heavy atom. The van der Waals surface area contributed by atoms with Gasteiger partial charge in [-0.1, -0.05) is 39.0 Å². The molecule has 2 aromatic carbocycles. The van der Waals surface area contributed by atoms with Gasteiger partial charge in [-0.25, -0.2) is 14.2 Å². The number of rotatable bonds is 3. The molecule has 0 unspecified atom stereocenters. The lowest BCUT2D eigenvalue weighted by atomic mass is 9.97. The summed E-state index contributed by atoms with van der Waals surface area (Å²) >= 11 is 0. The van der Waals surface area contributed by atoms with Crippen LogP contribution in [0.15, 0.2) is 46.9 Å². The van der Waals surface area contributed by atoms with Crippen molar-refractivity contribution in [3.05, 3.63) is 59.7 Å².